The first-order chi connectivity index (χ1) is 7.41. The van der Waals surface area contributed by atoms with Crippen molar-refractivity contribution in [2.24, 2.45) is 5.73 Å². The van der Waals surface area contributed by atoms with Gasteiger partial charge in [-0.05, 0) is 24.6 Å². The van der Waals surface area contributed by atoms with Crippen LogP contribution in [-0.2, 0) is 4.79 Å². The SMILES string of the molecule is Cc1cc(NCC(N)=O)cc(C(=O)O)c1N. The molecule has 0 atom stereocenters. The highest BCUT2D eigenvalue weighted by Gasteiger charge is 2.11. The first-order valence-electron chi connectivity index (χ1n) is 4.57. The number of carbonyl (C=O) groups excluding carboxylic acids is 1. The molecule has 0 fully saturated rings. The van der Waals surface area contributed by atoms with Gasteiger partial charge < -0.3 is 21.9 Å². The molecule has 86 valence electrons. The van der Waals surface area contributed by atoms with Gasteiger partial charge in [-0.3, -0.25) is 4.79 Å². The van der Waals surface area contributed by atoms with Gasteiger partial charge in [0.2, 0.25) is 5.91 Å². The van der Waals surface area contributed by atoms with E-state index in [1.54, 1.807) is 13.0 Å². The summed E-state index contributed by atoms with van der Waals surface area (Å²) >= 11 is 0. The first kappa shape index (κ1) is 11.8. The number of anilines is 2. The summed E-state index contributed by atoms with van der Waals surface area (Å²) < 4.78 is 0. The maximum absolute atomic E-state index is 10.9. The van der Waals surface area contributed by atoms with Gasteiger partial charge in [0.1, 0.15) is 0 Å². The Hall–Kier alpha value is -2.24. The Balaban J connectivity index is 3.04. The molecule has 16 heavy (non-hydrogen) atoms. The lowest BCUT2D eigenvalue weighted by Gasteiger charge is -2.10. The van der Waals surface area contributed by atoms with Crippen molar-refractivity contribution >= 4 is 23.3 Å². The van der Waals surface area contributed by atoms with Gasteiger partial charge in [0, 0.05) is 11.4 Å². The fourth-order valence-corrected chi connectivity index (χ4v) is 1.27. The minimum Gasteiger partial charge on any atom is -0.478 e. The Morgan fingerprint density at radius 3 is 2.56 bits per heavy atom. The number of aryl methyl sites for hydroxylation is 1. The van der Waals surface area contributed by atoms with Crippen LogP contribution in [0.4, 0.5) is 11.4 Å². The lowest BCUT2D eigenvalue weighted by Crippen LogP contribution is -2.22. The van der Waals surface area contributed by atoms with Crippen LogP contribution < -0.4 is 16.8 Å². The van der Waals surface area contributed by atoms with Crippen molar-refractivity contribution in [2.75, 3.05) is 17.6 Å². The van der Waals surface area contributed by atoms with Crippen molar-refractivity contribution in [1.82, 2.24) is 0 Å². The van der Waals surface area contributed by atoms with Gasteiger partial charge in [0.05, 0.1) is 12.1 Å². The van der Waals surface area contributed by atoms with Gasteiger partial charge >= 0.3 is 5.97 Å². The summed E-state index contributed by atoms with van der Waals surface area (Å²) in [6.45, 7) is 1.64. The van der Waals surface area contributed by atoms with Crippen molar-refractivity contribution in [3.8, 4) is 0 Å². The number of benzene rings is 1. The average Bonchev–Trinajstić information content (AvgIpc) is 2.19. The monoisotopic (exact) mass is 223 g/mol. The summed E-state index contributed by atoms with van der Waals surface area (Å²) in [5, 5.41) is 11.6. The average molecular weight is 223 g/mol. The Morgan fingerprint density at radius 2 is 2.06 bits per heavy atom. The molecule has 0 spiro atoms. The van der Waals surface area contributed by atoms with E-state index < -0.39 is 11.9 Å². The molecule has 0 heterocycles. The molecule has 0 aliphatic carbocycles. The van der Waals surface area contributed by atoms with Crippen molar-refractivity contribution in [3.05, 3.63) is 23.3 Å². The van der Waals surface area contributed by atoms with Crippen LogP contribution in [0.5, 0.6) is 0 Å². The first-order valence-corrected chi connectivity index (χ1v) is 4.57. The molecular formula is C10H13N3O3. The van der Waals surface area contributed by atoms with E-state index in [0.29, 0.717) is 11.3 Å². The van der Waals surface area contributed by atoms with Gasteiger partial charge in [0.25, 0.3) is 0 Å². The Kier molecular flexibility index (Phi) is 3.34. The summed E-state index contributed by atoms with van der Waals surface area (Å²) in [6.07, 6.45) is 0. The number of rotatable bonds is 4. The lowest BCUT2D eigenvalue weighted by molar-refractivity contribution is -0.116. The third kappa shape index (κ3) is 2.63. The second kappa shape index (κ2) is 4.52. The van der Waals surface area contributed by atoms with Gasteiger partial charge in [-0.25, -0.2) is 4.79 Å². The molecule has 1 rings (SSSR count). The van der Waals surface area contributed by atoms with E-state index in [4.69, 9.17) is 16.6 Å². The second-order valence-corrected chi connectivity index (χ2v) is 3.38. The molecule has 0 radical (unpaired) electrons. The summed E-state index contributed by atoms with van der Waals surface area (Å²) in [5.41, 5.74) is 11.9. The Labute approximate surface area is 92.2 Å². The zero-order valence-corrected chi connectivity index (χ0v) is 8.78. The molecule has 1 aromatic carbocycles. The predicted molar refractivity (Wildman–Crippen MR) is 60.2 cm³/mol. The fourth-order valence-electron chi connectivity index (χ4n) is 1.27. The van der Waals surface area contributed by atoms with E-state index in [9.17, 15) is 9.59 Å². The van der Waals surface area contributed by atoms with Crippen LogP contribution in [0.1, 0.15) is 15.9 Å². The molecule has 1 amide bonds. The van der Waals surface area contributed by atoms with Crippen LogP contribution in [0.3, 0.4) is 0 Å². The van der Waals surface area contributed by atoms with Crippen LogP contribution in [0.25, 0.3) is 0 Å². The molecule has 0 saturated carbocycles. The van der Waals surface area contributed by atoms with Crippen LogP contribution >= 0.6 is 0 Å². The van der Waals surface area contributed by atoms with Crippen LogP contribution in [0.2, 0.25) is 0 Å². The molecular weight excluding hydrogens is 210 g/mol. The van der Waals surface area contributed by atoms with E-state index in [1.165, 1.54) is 6.07 Å². The zero-order valence-electron chi connectivity index (χ0n) is 8.78. The van der Waals surface area contributed by atoms with Gasteiger partial charge in [0.15, 0.2) is 0 Å². The summed E-state index contributed by atoms with van der Waals surface area (Å²) in [4.78, 5) is 21.4. The van der Waals surface area contributed by atoms with Gasteiger partial charge in [-0.1, -0.05) is 0 Å². The summed E-state index contributed by atoms with van der Waals surface area (Å²) in [5.74, 6) is -1.63. The molecule has 6 nitrogen and oxygen atoms in total. The second-order valence-electron chi connectivity index (χ2n) is 3.38. The van der Waals surface area contributed by atoms with Crippen molar-refractivity contribution in [1.29, 1.82) is 0 Å². The van der Waals surface area contributed by atoms with Crippen LogP contribution in [0, 0.1) is 6.92 Å². The lowest BCUT2D eigenvalue weighted by atomic mass is 10.1. The van der Waals surface area contributed by atoms with E-state index >= 15 is 0 Å². The number of carboxylic acids is 1. The fraction of sp³-hybridized carbons (Fsp3) is 0.200. The number of nitrogen functional groups attached to an aromatic ring is 1. The maximum Gasteiger partial charge on any atom is 0.337 e. The third-order valence-electron chi connectivity index (χ3n) is 2.08. The minimum atomic E-state index is -1.11. The number of aromatic carboxylic acids is 1. The number of hydrogen-bond acceptors (Lipinski definition) is 4. The molecule has 6 N–H and O–H groups in total. The van der Waals surface area contributed by atoms with E-state index in [-0.39, 0.29) is 17.8 Å². The topological polar surface area (TPSA) is 118 Å². The van der Waals surface area contributed by atoms with E-state index in [2.05, 4.69) is 5.32 Å². The summed E-state index contributed by atoms with van der Waals surface area (Å²) in [6, 6.07) is 3.03. The molecule has 1 aromatic rings. The highest BCUT2D eigenvalue weighted by molar-refractivity contribution is 5.96. The minimum absolute atomic E-state index is 0.00645. The van der Waals surface area contributed by atoms with Crippen molar-refractivity contribution < 1.29 is 14.7 Å². The highest BCUT2D eigenvalue weighted by Crippen LogP contribution is 2.22. The number of carbonyl (C=O) groups is 2. The quantitative estimate of drug-likeness (QED) is 0.543. The number of primary amides is 1. The molecule has 0 bridgehead atoms. The number of nitrogens with one attached hydrogen (secondary N) is 1. The van der Waals surface area contributed by atoms with Gasteiger partial charge in [-0.2, -0.15) is 0 Å². The van der Waals surface area contributed by atoms with Crippen LogP contribution in [0.15, 0.2) is 12.1 Å². The molecule has 0 unspecified atom stereocenters. The summed E-state index contributed by atoms with van der Waals surface area (Å²) in [7, 11) is 0. The number of hydrogen-bond donors (Lipinski definition) is 4. The molecule has 0 saturated heterocycles. The molecule has 0 aliphatic heterocycles. The molecule has 0 aromatic heterocycles. The Bertz CT molecular complexity index is 443. The Morgan fingerprint density at radius 1 is 1.44 bits per heavy atom. The van der Waals surface area contributed by atoms with Gasteiger partial charge in [-0.15, -0.1) is 0 Å². The molecule has 0 aliphatic rings. The number of amides is 1. The normalized spacial score (nSPS) is 9.81. The highest BCUT2D eigenvalue weighted by atomic mass is 16.4. The number of carboxylic acid groups (broad SMARTS) is 1. The van der Waals surface area contributed by atoms with Crippen molar-refractivity contribution in [3.63, 3.8) is 0 Å². The largest absolute Gasteiger partial charge is 0.478 e. The standard InChI is InChI=1S/C10H13N3O3/c1-5-2-6(13-4-8(11)14)3-7(9(5)12)10(15)16/h2-3,13H,4,12H2,1H3,(H2,11,14)(H,15,16). The zero-order chi connectivity index (χ0) is 12.3. The predicted octanol–water partition coefficient (Wildman–Crippen LogP) is 0.173. The maximum atomic E-state index is 10.9. The van der Waals surface area contributed by atoms with E-state index in [0.717, 1.165) is 0 Å². The smallest absolute Gasteiger partial charge is 0.337 e. The molecule has 6 heteroatoms. The van der Waals surface area contributed by atoms with Crippen molar-refractivity contribution in [2.45, 2.75) is 6.92 Å². The third-order valence-corrected chi connectivity index (χ3v) is 2.08. The van der Waals surface area contributed by atoms with Crippen LogP contribution in [-0.4, -0.2) is 23.5 Å². The number of nitrogens with two attached hydrogens (primary N) is 2. The van der Waals surface area contributed by atoms with E-state index in [1.807, 2.05) is 0 Å².